The van der Waals surface area contributed by atoms with Crippen LogP contribution in [0.2, 0.25) is 0 Å². The van der Waals surface area contributed by atoms with Crippen LogP contribution in [-0.4, -0.2) is 18.1 Å². The summed E-state index contributed by atoms with van der Waals surface area (Å²) in [5.74, 6) is -0.0417. The van der Waals surface area contributed by atoms with E-state index in [1.807, 2.05) is 0 Å². The van der Waals surface area contributed by atoms with Gasteiger partial charge in [0, 0.05) is 10.8 Å². The third-order valence-corrected chi connectivity index (χ3v) is 6.69. The van der Waals surface area contributed by atoms with Crippen LogP contribution in [0, 0.1) is 22.6 Å². The number of halogens is 1. The summed E-state index contributed by atoms with van der Waals surface area (Å²) in [6.45, 7) is 5.06. The van der Waals surface area contributed by atoms with Crippen molar-refractivity contribution in [3.05, 3.63) is 30.1 Å². The number of hydrogen-bond donors (Lipinski definition) is 1. The average molecular weight is 289 g/mol. The van der Waals surface area contributed by atoms with Crippen LogP contribution in [0.25, 0.3) is 0 Å². The van der Waals surface area contributed by atoms with Gasteiger partial charge in [-0.05, 0) is 37.3 Å². The van der Waals surface area contributed by atoms with E-state index in [4.69, 9.17) is 4.74 Å². The van der Waals surface area contributed by atoms with Gasteiger partial charge in [0.05, 0.1) is 12.3 Å². The highest BCUT2D eigenvalue weighted by Crippen LogP contribution is 2.75. The highest BCUT2D eigenvalue weighted by molar-refractivity contribution is 5.99. The predicted octanol–water partition coefficient (Wildman–Crippen LogP) is 3.36. The monoisotopic (exact) mass is 289 g/mol. The molecule has 1 aromatic carbocycles. The Morgan fingerprint density at radius 2 is 2.14 bits per heavy atom. The molecule has 4 bridgehead atoms. The highest BCUT2D eigenvalue weighted by atomic mass is 19.1. The Morgan fingerprint density at radius 1 is 1.38 bits per heavy atom. The van der Waals surface area contributed by atoms with E-state index in [-0.39, 0.29) is 22.4 Å². The van der Waals surface area contributed by atoms with Gasteiger partial charge in [0.25, 0.3) is 5.91 Å². The quantitative estimate of drug-likeness (QED) is 0.906. The van der Waals surface area contributed by atoms with Crippen molar-refractivity contribution in [1.29, 1.82) is 0 Å². The van der Waals surface area contributed by atoms with Crippen molar-refractivity contribution < 1.29 is 13.9 Å². The molecule has 0 spiro atoms. The lowest BCUT2D eigenvalue weighted by Crippen LogP contribution is -2.52. The number of carbonyl (C=O) groups excluding carboxylic acids is 1. The third kappa shape index (κ3) is 1.35. The molecule has 4 rings (SSSR count). The first-order valence-corrected chi connectivity index (χ1v) is 7.63. The summed E-state index contributed by atoms with van der Waals surface area (Å²) in [5, 5.41) is 2.76. The maximum absolute atomic E-state index is 13.8. The van der Waals surface area contributed by atoms with E-state index in [1.165, 1.54) is 12.5 Å². The molecule has 4 heteroatoms. The number of amides is 1. The number of ether oxygens (including phenoxy) is 1. The van der Waals surface area contributed by atoms with Crippen molar-refractivity contribution in [2.75, 3.05) is 11.9 Å². The molecule has 3 fully saturated rings. The third-order valence-electron chi connectivity index (χ3n) is 6.69. The Hall–Kier alpha value is -1.42. The zero-order valence-electron chi connectivity index (χ0n) is 12.4. The normalized spacial score (nSPS) is 43.3. The zero-order valence-corrected chi connectivity index (χ0v) is 12.4. The summed E-state index contributed by atoms with van der Waals surface area (Å²) in [7, 11) is 0. The van der Waals surface area contributed by atoms with E-state index >= 15 is 0 Å². The molecule has 2 saturated carbocycles. The van der Waals surface area contributed by atoms with Crippen molar-refractivity contribution in [1.82, 2.24) is 0 Å². The van der Waals surface area contributed by atoms with Crippen molar-refractivity contribution in [3.8, 4) is 0 Å². The largest absolute Gasteiger partial charge is 0.364 e. The molecule has 1 heterocycles. The van der Waals surface area contributed by atoms with Gasteiger partial charge in [0.2, 0.25) is 0 Å². The molecule has 0 radical (unpaired) electrons. The Balaban J connectivity index is 1.68. The van der Waals surface area contributed by atoms with E-state index in [9.17, 15) is 9.18 Å². The van der Waals surface area contributed by atoms with Crippen LogP contribution in [0.3, 0.4) is 0 Å². The average Bonchev–Trinajstić information content (AvgIpc) is 2.93. The second-order valence-corrected chi connectivity index (χ2v) is 7.24. The number of nitrogens with one attached hydrogen (secondary N) is 1. The Labute approximate surface area is 123 Å². The van der Waals surface area contributed by atoms with Crippen LogP contribution in [0.4, 0.5) is 10.1 Å². The smallest absolute Gasteiger partial charge is 0.257 e. The minimum absolute atomic E-state index is 0.0829. The number of rotatable bonds is 2. The zero-order chi connectivity index (χ0) is 14.9. The van der Waals surface area contributed by atoms with E-state index < -0.39 is 11.4 Å². The molecule has 1 aromatic rings. The highest BCUT2D eigenvalue weighted by Gasteiger charge is 2.78. The van der Waals surface area contributed by atoms with E-state index in [0.717, 1.165) is 12.8 Å². The van der Waals surface area contributed by atoms with E-state index in [2.05, 4.69) is 19.2 Å². The first kappa shape index (κ1) is 13.3. The van der Waals surface area contributed by atoms with Gasteiger partial charge in [-0.25, -0.2) is 4.39 Å². The molecule has 3 nitrogen and oxygen atoms in total. The van der Waals surface area contributed by atoms with Gasteiger partial charge in [-0.3, -0.25) is 4.79 Å². The molecule has 1 saturated heterocycles. The number of hydrogen-bond acceptors (Lipinski definition) is 2. The van der Waals surface area contributed by atoms with Crippen LogP contribution >= 0.6 is 0 Å². The van der Waals surface area contributed by atoms with Crippen molar-refractivity contribution >= 4 is 11.6 Å². The molecule has 1 amide bonds. The molecule has 1 N–H and O–H groups in total. The molecule has 2 aliphatic carbocycles. The fraction of sp³-hybridized carbons (Fsp3) is 0.588. The molecule has 4 atom stereocenters. The van der Waals surface area contributed by atoms with Crippen molar-refractivity contribution in [2.24, 2.45) is 16.7 Å². The summed E-state index contributed by atoms with van der Waals surface area (Å²) in [6, 6.07) is 6.28. The van der Waals surface area contributed by atoms with Gasteiger partial charge >= 0.3 is 0 Å². The second-order valence-electron chi connectivity index (χ2n) is 7.24. The number of carbonyl (C=O) groups is 1. The van der Waals surface area contributed by atoms with Crippen LogP contribution in [0.5, 0.6) is 0 Å². The molecule has 1 aliphatic heterocycles. The van der Waals surface area contributed by atoms with E-state index in [1.54, 1.807) is 18.2 Å². The molecule has 0 unspecified atom stereocenters. The topological polar surface area (TPSA) is 38.3 Å². The summed E-state index contributed by atoms with van der Waals surface area (Å²) in [5.41, 5.74) is -0.604. The van der Waals surface area contributed by atoms with Gasteiger partial charge in [-0.1, -0.05) is 26.0 Å². The number of para-hydroxylation sites is 1. The molecule has 112 valence electrons. The molecular weight excluding hydrogens is 269 g/mol. The van der Waals surface area contributed by atoms with Gasteiger partial charge < -0.3 is 10.1 Å². The Kier molecular flexibility index (Phi) is 2.44. The first-order valence-electron chi connectivity index (χ1n) is 7.63. The minimum Gasteiger partial charge on any atom is -0.364 e. The molecule has 21 heavy (non-hydrogen) atoms. The number of benzene rings is 1. The fourth-order valence-corrected chi connectivity index (χ4v) is 5.04. The lowest BCUT2D eigenvalue weighted by molar-refractivity contribution is -0.149. The van der Waals surface area contributed by atoms with Crippen LogP contribution < -0.4 is 5.32 Å². The van der Waals surface area contributed by atoms with Gasteiger partial charge in [-0.15, -0.1) is 0 Å². The van der Waals surface area contributed by atoms with Crippen LogP contribution in [0.1, 0.15) is 33.1 Å². The van der Waals surface area contributed by atoms with Gasteiger partial charge in [0.15, 0.2) is 5.60 Å². The van der Waals surface area contributed by atoms with E-state index in [0.29, 0.717) is 12.5 Å². The molecular formula is C17H20FNO2. The maximum atomic E-state index is 13.8. The minimum atomic E-state index is -0.785. The lowest BCUT2D eigenvalue weighted by atomic mass is 9.66. The predicted molar refractivity (Wildman–Crippen MR) is 77.3 cm³/mol. The number of anilines is 1. The van der Waals surface area contributed by atoms with Crippen LogP contribution in [0.15, 0.2) is 24.3 Å². The molecule has 0 aromatic heterocycles. The molecule has 3 aliphatic rings. The van der Waals surface area contributed by atoms with Crippen molar-refractivity contribution in [3.63, 3.8) is 0 Å². The summed E-state index contributed by atoms with van der Waals surface area (Å²) >= 11 is 0. The first-order chi connectivity index (χ1) is 9.93. The Morgan fingerprint density at radius 3 is 2.81 bits per heavy atom. The van der Waals surface area contributed by atoms with Gasteiger partial charge in [-0.2, -0.15) is 0 Å². The maximum Gasteiger partial charge on any atom is 0.257 e. The lowest BCUT2D eigenvalue weighted by Gasteiger charge is -2.40. The van der Waals surface area contributed by atoms with Gasteiger partial charge in [0.1, 0.15) is 5.82 Å². The van der Waals surface area contributed by atoms with Crippen molar-refractivity contribution in [2.45, 2.75) is 38.7 Å². The summed E-state index contributed by atoms with van der Waals surface area (Å²) < 4.78 is 19.8. The van der Waals surface area contributed by atoms with Crippen LogP contribution in [-0.2, 0) is 9.53 Å². The summed E-state index contributed by atoms with van der Waals surface area (Å²) in [6.07, 6.45) is 2.95. The Bertz CT molecular complexity index is 633. The SMILES string of the molecule is C[C@@]12CC[C@@H]3C[C@@]1(C(=O)Nc1ccccc1F)OC[C@@]32C. The fourth-order valence-electron chi connectivity index (χ4n) is 5.04. The standard InChI is InChI=1S/C17H20FNO2/c1-15-10-21-17(9-11(15)7-8-16(15,17)2)14(20)19-13-6-4-3-5-12(13)18/h3-6,11H,7-10H2,1-2H3,(H,19,20)/t11-,15+,16+,17+/m1/s1. The second kappa shape index (κ2) is 3.86. The summed E-state index contributed by atoms with van der Waals surface area (Å²) in [4.78, 5) is 12.9.